The Morgan fingerprint density at radius 2 is 1.92 bits per heavy atom. The van der Waals surface area contributed by atoms with Crippen LogP contribution in [-0.2, 0) is 19.6 Å². The maximum absolute atomic E-state index is 6.10. The number of aromatic nitrogens is 2. The van der Waals surface area contributed by atoms with Gasteiger partial charge in [0.15, 0.2) is 0 Å². The average Bonchev–Trinajstić information content (AvgIpc) is 3.05. The summed E-state index contributed by atoms with van der Waals surface area (Å²) in [6.07, 6.45) is 0.995. The van der Waals surface area contributed by atoms with Crippen LogP contribution in [-0.4, -0.2) is 16.7 Å². The van der Waals surface area contributed by atoms with Crippen molar-refractivity contribution < 1.29 is 4.74 Å². The first kappa shape index (κ1) is 15.0. The molecule has 0 bridgehead atoms. The molecule has 0 atom stereocenters. The second-order valence-corrected chi connectivity index (χ2v) is 6.23. The Hall–Kier alpha value is -2.59. The molecular formula is C20H21N3O. The number of aromatic amines is 1. The standard InChI is InChI=1S/C20H21N3O/c1-14-6-8-15(9-7-14)13-24-19-5-3-2-4-16(19)20-17-12-21-11-10-18(17)22-23-20/h2-9,21H,10-13H2,1H3,(H,22,23). The molecular weight excluding hydrogens is 298 g/mol. The third-order valence-corrected chi connectivity index (χ3v) is 4.46. The monoisotopic (exact) mass is 319 g/mol. The number of H-pyrrole nitrogens is 1. The van der Waals surface area contributed by atoms with E-state index >= 15 is 0 Å². The maximum Gasteiger partial charge on any atom is 0.129 e. The number of nitrogens with one attached hydrogen (secondary N) is 2. The van der Waals surface area contributed by atoms with Crippen molar-refractivity contribution in [1.82, 2.24) is 15.5 Å². The minimum atomic E-state index is 0.558. The number of hydrogen-bond acceptors (Lipinski definition) is 3. The van der Waals surface area contributed by atoms with Gasteiger partial charge >= 0.3 is 0 Å². The van der Waals surface area contributed by atoms with Crippen LogP contribution in [0.4, 0.5) is 0 Å². The van der Waals surface area contributed by atoms with Crippen LogP contribution in [0.1, 0.15) is 22.4 Å². The summed E-state index contributed by atoms with van der Waals surface area (Å²) in [5, 5.41) is 11.2. The van der Waals surface area contributed by atoms with Crippen molar-refractivity contribution >= 4 is 0 Å². The largest absolute Gasteiger partial charge is 0.488 e. The zero-order valence-electron chi connectivity index (χ0n) is 13.8. The minimum absolute atomic E-state index is 0.558. The molecule has 0 aliphatic carbocycles. The van der Waals surface area contributed by atoms with Gasteiger partial charge in [0.1, 0.15) is 18.1 Å². The molecule has 2 heterocycles. The molecule has 3 aromatic rings. The third-order valence-electron chi connectivity index (χ3n) is 4.46. The van der Waals surface area contributed by atoms with E-state index in [0.29, 0.717) is 6.61 Å². The fourth-order valence-electron chi connectivity index (χ4n) is 3.08. The number of ether oxygens (including phenoxy) is 1. The molecule has 0 radical (unpaired) electrons. The van der Waals surface area contributed by atoms with Gasteiger partial charge in [0.2, 0.25) is 0 Å². The van der Waals surface area contributed by atoms with Crippen LogP contribution in [0.25, 0.3) is 11.3 Å². The van der Waals surface area contributed by atoms with E-state index in [0.717, 1.165) is 36.5 Å². The Balaban J connectivity index is 1.61. The second-order valence-electron chi connectivity index (χ2n) is 6.23. The smallest absolute Gasteiger partial charge is 0.129 e. The van der Waals surface area contributed by atoms with Crippen LogP contribution in [0.5, 0.6) is 5.75 Å². The van der Waals surface area contributed by atoms with E-state index in [4.69, 9.17) is 4.74 Å². The molecule has 1 aromatic heterocycles. The summed E-state index contributed by atoms with van der Waals surface area (Å²) < 4.78 is 6.10. The highest BCUT2D eigenvalue weighted by molar-refractivity contribution is 5.70. The summed E-state index contributed by atoms with van der Waals surface area (Å²) in [5.41, 5.74) is 6.96. The van der Waals surface area contributed by atoms with Crippen LogP contribution >= 0.6 is 0 Å². The number of rotatable bonds is 4. The zero-order chi connectivity index (χ0) is 16.4. The van der Waals surface area contributed by atoms with Crippen molar-refractivity contribution in [3.05, 3.63) is 70.9 Å². The van der Waals surface area contributed by atoms with Gasteiger partial charge in [0.05, 0.1) is 0 Å². The van der Waals surface area contributed by atoms with E-state index in [1.165, 1.54) is 22.4 Å². The maximum atomic E-state index is 6.10. The minimum Gasteiger partial charge on any atom is -0.488 e. The molecule has 4 nitrogen and oxygen atoms in total. The Kier molecular flexibility index (Phi) is 4.05. The molecule has 4 rings (SSSR count). The highest BCUT2D eigenvalue weighted by Gasteiger charge is 2.19. The highest BCUT2D eigenvalue weighted by Crippen LogP contribution is 2.33. The van der Waals surface area contributed by atoms with Gasteiger partial charge < -0.3 is 10.1 Å². The van der Waals surface area contributed by atoms with Gasteiger partial charge in [0.25, 0.3) is 0 Å². The van der Waals surface area contributed by atoms with Gasteiger partial charge in [0, 0.05) is 36.3 Å². The number of benzene rings is 2. The molecule has 0 saturated carbocycles. The van der Waals surface area contributed by atoms with E-state index in [1.54, 1.807) is 0 Å². The van der Waals surface area contributed by atoms with E-state index in [-0.39, 0.29) is 0 Å². The third kappa shape index (κ3) is 2.93. The van der Waals surface area contributed by atoms with Crippen LogP contribution in [0.2, 0.25) is 0 Å². The summed E-state index contributed by atoms with van der Waals surface area (Å²) in [4.78, 5) is 0. The van der Waals surface area contributed by atoms with Crippen LogP contribution in [0.3, 0.4) is 0 Å². The number of hydrogen-bond donors (Lipinski definition) is 2. The zero-order valence-corrected chi connectivity index (χ0v) is 13.8. The molecule has 1 aliphatic rings. The number of aryl methyl sites for hydroxylation is 1. The molecule has 24 heavy (non-hydrogen) atoms. The first-order chi connectivity index (χ1) is 11.8. The molecule has 2 aromatic carbocycles. The number of fused-ring (bicyclic) bond motifs is 1. The Labute approximate surface area is 141 Å². The first-order valence-electron chi connectivity index (χ1n) is 8.36. The normalized spacial score (nSPS) is 13.5. The fraction of sp³-hybridized carbons (Fsp3) is 0.250. The summed E-state index contributed by atoms with van der Waals surface area (Å²) in [5.74, 6) is 0.873. The number of para-hydroxylation sites is 1. The van der Waals surface area contributed by atoms with E-state index in [1.807, 2.05) is 18.2 Å². The lowest BCUT2D eigenvalue weighted by molar-refractivity contribution is 0.307. The molecule has 0 fully saturated rings. The predicted octanol–water partition coefficient (Wildman–Crippen LogP) is 3.61. The predicted molar refractivity (Wildman–Crippen MR) is 94.9 cm³/mol. The Morgan fingerprint density at radius 1 is 1.08 bits per heavy atom. The van der Waals surface area contributed by atoms with E-state index in [2.05, 4.69) is 52.8 Å². The second kappa shape index (κ2) is 6.49. The molecule has 122 valence electrons. The summed E-state index contributed by atoms with van der Waals surface area (Å²) in [6.45, 7) is 4.50. The molecule has 1 aliphatic heterocycles. The molecule has 2 N–H and O–H groups in total. The Bertz CT molecular complexity index is 836. The molecule has 0 spiro atoms. The lowest BCUT2D eigenvalue weighted by Gasteiger charge is -2.15. The summed E-state index contributed by atoms with van der Waals surface area (Å²) in [7, 11) is 0. The molecule has 0 amide bonds. The van der Waals surface area contributed by atoms with E-state index < -0.39 is 0 Å². The van der Waals surface area contributed by atoms with Gasteiger partial charge in [-0.3, -0.25) is 5.10 Å². The van der Waals surface area contributed by atoms with Gasteiger partial charge in [-0.15, -0.1) is 0 Å². The molecule has 0 saturated heterocycles. The van der Waals surface area contributed by atoms with Crippen molar-refractivity contribution in [2.45, 2.75) is 26.5 Å². The quantitative estimate of drug-likeness (QED) is 0.772. The summed E-state index contributed by atoms with van der Waals surface area (Å²) >= 11 is 0. The van der Waals surface area contributed by atoms with Gasteiger partial charge in [-0.05, 0) is 24.6 Å². The lowest BCUT2D eigenvalue weighted by Crippen LogP contribution is -2.23. The average molecular weight is 319 g/mol. The van der Waals surface area contributed by atoms with Crippen molar-refractivity contribution in [3.8, 4) is 17.0 Å². The van der Waals surface area contributed by atoms with Gasteiger partial charge in [-0.1, -0.05) is 42.0 Å². The Morgan fingerprint density at radius 3 is 2.79 bits per heavy atom. The fourth-order valence-corrected chi connectivity index (χ4v) is 3.08. The van der Waals surface area contributed by atoms with Crippen molar-refractivity contribution in [3.63, 3.8) is 0 Å². The van der Waals surface area contributed by atoms with E-state index in [9.17, 15) is 0 Å². The molecule has 4 heteroatoms. The summed E-state index contributed by atoms with van der Waals surface area (Å²) in [6, 6.07) is 16.6. The van der Waals surface area contributed by atoms with Crippen molar-refractivity contribution in [2.75, 3.05) is 6.54 Å². The van der Waals surface area contributed by atoms with Crippen LogP contribution in [0.15, 0.2) is 48.5 Å². The van der Waals surface area contributed by atoms with Gasteiger partial charge in [-0.25, -0.2) is 0 Å². The van der Waals surface area contributed by atoms with Gasteiger partial charge in [-0.2, -0.15) is 5.10 Å². The van der Waals surface area contributed by atoms with Crippen LogP contribution < -0.4 is 10.1 Å². The van der Waals surface area contributed by atoms with Crippen LogP contribution in [0, 0.1) is 6.92 Å². The lowest BCUT2D eigenvalue weighted by atomic mass is 10.0. The van der Waals surface area contributed by atoms with Crippen molar-refractivity contribution in [2.24, 2.45) is 0 Å². The SMILES string of the molecule is Cc1ccc(COc2ccccc2-c2n[nH]c3c2CNCC3)cc1. The first-order valence-corrected chi connectivity index (χ1v) is 8.36. The molecule has 0 unspecified atom stereocenters. The van der Waals surface area contributed by atoms with Crippen molar-refractivity contribution in [1.29, 1.82) is 0 Å². The number of nitrogens with zero attached hydrogens (tertiary/aromatic N) is 1. The highest BCUT2D eigenvalue weighted by atomic mass is 16.5. The topological polar surface area (TPSA) is 49.9 Å².